The number of anilines is 1. The van der Waals surface area contributed by atoms with E-state index in [2.05, 4.69) is 15.5 Å². The number of amides is 1. The lowest BCUT2D eigenvalue weighted by molar-refractivity contribution is -0.114. The number of hydrogen-bond donors (Lipinski definition) is 1. The van der Waals surface area contributed by atoms with E-state index in [4.69, 9.17) is 8.83 Å². The van der Waals surface area contributed by atoms with Crippen LogP contribution in [0.15, 0.2) is 91.8 Å². The summed E-state index contributed by atoms with van der Waals surface area (Å²) >= 11 is 1.45. The third kappa shape index (κ3) is 4.31. The number of nitrogens with one attached hydrogen (secondary N) is 1. The van der Waals surface area contributed by atoms with Crippen molar-refractivity contribution >= 4 is 34.3 Å². The van der Waals surface area contributed by atoms with Crippen LogP contribution in [-0.2, 0) is 10.5 Å². The van der Waals surface area contributed by atoms with E-state index in [1.807, 2.05) is 47.0 Å². The van der Waals surface area contributed by atoms with E-state index in [0.717, 1.165) is 16.6 Å². The van der Waals surface area contributed by atoms with Crippen molar-refractivity contribution in [2.24, 2.45) is 0 Å². The number of furan rings is 1. The molecule has 0 spiro atoms. The summed E-state index contributed by atoms with van der Waals surface area (Å²) in [6, 6.07) is 20.1. The molecule has 5 aromatic rings. The molecule has 3 aromatic heterocycles. The highest BCUT2D eigenvalue weighted by atomic mass is 32.2. The van der Waals surface area contributed by atoms with Crippen LogP contribution in [0.4, 0.5) is 5.69 Å². The van der Waals surface area contributed by atoms with Gasteiger partial charge in [-0.3, -0.25) is 9.36 Å². The zero-order valence-electron chi connectivity index (χ0n) is 17.5. The number of carbonyl (C=O) groups excluding carboxylic acids is 1. The SMILES string of the molecule is CC(=O)Nc1ccc2c(CSc3nnc(-c4ccco4)n3-c3ccccc3)cc(=O)oc2c1. The van der Waals surface area contributed by atoms with Gasteiger partial charge in [0, 0.05) is 41.6 Å². The average molecular weight is 458 g/mol. The van der Waals surface area contributed by atoms with Crippen LogP contribution in [-0.4, -0.2) is 20.7 Å². The molecule has 0 radical (unpaired) electrons. The quantitative estimate of drug-likeness (QED) is 0.286. The highest BCUT2D eigenvalue weighted by Crippen LogP contribution is 2.31. The van der Waals surface area contributed by atoms with E-state index >= 15 is 0 Å². The molecule has 0 aliphatic carbocycles. The minimum atomic E-state index is -0.459. The van der Waals surface area contributed by atoms with Crippen LogP contribution in [0, 0.1) is 0 Å². The maximum Gasteiger partial charge on any atom is 0.336 e. The maximum atomic E-state index is 12.2. The highest BCUT2D eigenvalue weighted by molar-refractivity contribution is 7.98. The molecule has 1 amide bonds. The van der Waals surface area contributed by atoms with Crippen molar-refractivity contribution in [3.8, 4) is 17.3 Å². The molecule has 0 fully saturated rings. The summed E-state index contributed by atoms with van der Waals surface area (Å²) in [7, 11) is 0. The van der Waals surface area contributed by atoms with Gasteiger partial charge in [-0.25, -0.2) is 4.79 Å². The Kier molecular flexibility index (Phi) is 5.54. The van der Waals surface area contributed by atoms with Gasteiger partial charge >= 0.3 is 5.63 Å². The fourth-order valence-corrected chi connectivity index (χ4v) is 4.45. The molecule has 0 saturated heterocycles. The van der Waals surface area contributed by atoms with Crippen molar-refractivity contribution < 1.29 is 13.6 Å². The number of benzene rings is 2. The standard InChI is InChI=1S/C24H18N4O4S/c1-15(29)25-17-9-10-19-16(12-22(30)32-21(19)13-17)14-33-24-27-26-23(20-8-5-11-31-20)28(24)18-6-3-2-4-7-18/h2-13H,14H2,1H3,(H,25,29). The summed E-state index contributed by atoms with van der Waals surface area (Å²) in [5.41, 5.74) is 2.20. The zero-order valence-corrected chi connectivity index (χ0v) is 18.3. The number of nitrogens with zero attached hydrogens (tertiary/aromatic N) is 3. The van der Waals surface area contributed by atoms with Gasteiger partial charge in [0.25, 0.3) is 0 Å². The van der Waals surface area contributed by atoms with E-state index in [1.54, 1.807) is 24.5 Å². The second-order valence-electron chi connectivity index (χ2n) is 7.23. The summed E-state index contributed by atoms with van der Waals surface area (Å²) in [5.74, 6) is 1.46. The van der Waals surface area contributed by atoms with Gasteiger partial charge in [-0.15, -0.1) is 10.2 Å². The number of rotatable bonds is 6. The lowest BCUT2D eigenvalue weighted by Crippen LogP contribution is -2.06. The monoisotopic (exact) mass is 458 g/mol. The van der Waals surface area contributed by atoms with Gasteiger partial charge in [0.05, 0.1) is 6.26 Å². The lowest BCUT2D eigenvalue weighted by atomic mass is 10.1. The molecule has 0 aliphatic heterocycles. The Labute approximate surface area is 192 Å². The molecule has 1 N–H and O–H groups in total. The van der Waals surface area contributed by atoms with Crippen molar-refractivity contribution in [1.82, 2.24) is 14.8 Å². The van der Waals surface area contributed by atoms with Crippen LogP contribution in [0.3, 0.4) is 0 Å². The van der Waals surface area contributed by atoms with Gasteiger partial charge in [0.2, 0.25) is 11.7 Å². The van der Waals surface area contributed by atoms with Crippen molar-refractivity contribution in [1.29, 1.82) is 0 Å². The number of aromatic nitrogens is 3. The minimum absolute atomic E-state index is 0.198. The van der Waals surface area contributed by atoms with E-state index < -0.39 is 5.63 Å². The van der Waals surface area contributed by atoms with E-state index in [0.29, 0.717) is 33.8 Å². The van der Waals surface area contributed by atoms with Crippen molar-refractivity contribution in [3.05, 3.63) is 89.0 Å². The fourth-order valence-electron chi connectivity index (χ4n) is 3.51. The predicted octanol–water partition coefficient (Wildman–Crippen LogP) is 4.88. The van der Waals surface area contributed by atoms with Crippen LogP contribution < -0.4 is 10.9 Å². The molecular formula is C24H18N4O4S. The number of fused-ring (bicyclic) bond motifs is 1. The Bertz CT molecular complexity index is 1490. The fraction of sp³-hybridized carbons (Fsp3) is 0.0833. The Morgan fingerprint density at radius 2 is 1.91 bits per heavy atom. The van der Waals surface area contributed by atoms with Crippen LogP contribution >= 0.6 is 11.8 Å². The average Bonchev–Trinajstić information content (AvgIpc) is 3.47. The normalized spacial score (nSPS) is 11.1. The Morgan fingerprint density at radius 1 is 1.06 bits per heavy atom. The minimum Gasteiger partial charge on any atom is -0.461 e. The number of carbonyl (C=O) groups is 1. The highest BCUT2D eigenvalue weighted by Gasteiger charge is 2.18. The van der Waals surface area contributed by atoms with Crippen molar-refractivity contribution in [2.45, 2.75) is 17.8 Å². The van der Waals surface area contributed by atoms with Gasteiger partial charge in [-0.05, 0) is 42.0 Å². The third-order valence-electron chi connectivity index (χ3n) is 4.90. The summed E-state index contributed by atoms with van der Waals surface area (Å²) < 4.78 is 12.8. The molecule has 0 atom stereocenters. The van der Waals surface area contributed by atoms with Crippen molar-refractivity contribution in [3.63, 3.8) is 0 Å². The first-order chi connectivity index (χ1) is 16.1. The lowest BCUT2D eigenvalue weighted by Gasteiger charge is -2.10. The molecule has 2 aromatic carbocycles. The summed E-state index contributed by atoms with van der Waals surface area (Å²) in [6.45, 7) is 1.42. The second kappa shape index (κ2) is 8.79. The molecule has 0 bridgehead atoms. The molecule has 0 unspecified atom stereocenters. The molecule has 33 heavy (non-hydrogen) atoms. The number of para-hydroxylation sites is 1. The predicted molar refractivity (Wildman–Crippen MR) is 125 cm³/mol. The Balaban J connectivity index is 1.51. The third-order valence-corrected chi connectivity index (χ3v) is 5.87. The molecular weight excluding hydrogens is 440 g/mol. The zero-order chi connectivity index (χ0) is 22.8. The summed E-state index contributed by atoms with van der Waals surface area (Å²) in [4.78, 5) is 23.5. The molecule has 164 valence electrons. The van der Waals surface area contributed by atoms with E-state index in [9.17, 15) is 9.59 Å². The second-order valence-corrected chi connectivity index (χ2v) is 8.17. The molecule has 8 nitrogen and oxygen atoms in total. The molecule has 5 rings (SSSR count). The summed E-state index contributed by atoms with van der Waals surface area (Å²) in [5, 5.41) is 12.9. The van der Waals surface area contributed by atoms with Crippen LogP contribution in [0.5, 0.6) is 0 Å². The van der Waals surface area contributed by atoms with Crippen molar-refractivity contribution in [2.75, 3.05) is 5.32 Å². The first-order valence-electron chi connectivity index (χ1n) is 10.1. The molecule has 9 heteroatoms. The van der Waals surface area contributed by atoms with Gasteiger partial charge in [0.1, 0.15) is 5.58 Å². The van der Waals surface area contributed by atoms with Gasteiger partial charge in [-0.1, -0.05) is 30.0 Å². The van der Waals surface area contributed by atoms with Crippen LogP contribution in [0.1, 0.15) is 12.5 Å². The van der Waals surface area contributed by atoms with Gasteiger partial charge in [0.15, 0.2) is 10.9 Å². The van der Waals surface area contributed by atoms with Gasteiger partial charge < -0.3 is 14.2 Å². The van der Waals surface area contributed by atoms with Crippen LogP contribution in [0.2, 0.25) is 0 Å². The topological polar surface area (TPSA) is 103 Å². The largest absolute Gasteiger partial charge is 0.461 e. The van der Waals surface area contributed by atoms with Gasteiger partial charge in [-0.2, -0.15) is 0 Å². The summed E-state index contributed by atoms with van der Waals surface area (Å²) in [6.07, 6.45) is 1.59. The Hall–Kier alpha value is -4.11. The maximum absolute atomic E-state index is 12.2. The molecule has 3 heterocycles. The number of hydrogen-bond acceptors (Lipinski definition) is 7. The van der Waals surface area contributed by atoms with E-state index in [1.165, 1.54) is 24.8 Å². The first kappa shape index (κ1) is 20.8. The molecule has 0 saturated carbocycles. The smallest absolute Gasteiger partial charge is 0.336 e. The first-order valence-corrected chi connectivity index (χ1v) is 11.1. The van der Waals surface area contributed by atoms with Crippen LogP contribution in [0.25, 0.3) is 28.2 Å². The Morgan fingerprint density at radius 3 is 2.67 bits per heavy atom. The molecule has 0 aliphatic rings. The van der Waals surface area contributed by atoms with E-state index in [-0.39, 0.29) is 5.91 Å². The number of thioether (sulfide) groups is 1.